The molecule has 0 unspecified atom stereocenters. The summed E-state index contributed by atoms with van der Waals surface area (Å²) >= 11 is 11.4. The molecule has 7 heteroatoms. The number of hydrogen-bond donors (Lipinski definition) is 2. The zero-order valence-corrected chi connectivity index (χ0v) is 12.4. The minimum atomic E-state index is -0.700. The van der Waals surface area contributed by atoms with E-state index in [0.717, 1.165) is 0 Å². The highest BCUT2D eigenvalue weighted by atomic mass is 35.5. The maximum absolute atomic E-state index is 11.9. The predicted octanol–water partition coefficient (Wildman–Crippen LogP) is 1.89. The first-order chi connectivity index (χ1) is 8.77. The van der Waals surface area contributed by atoms with Crippen LogP contribution < -0.4 is 10.6 Å². The van der Waals surface area contributed by atoms with Crippen LogP contribution in [0.3, 0.4) is 0 Å². The van der Waals surface area contributed by atoms with Crippen LogP contribution in [-0.2, 0) is 4.79 Å². The van der Waals surface area contributed by atoms with Crippen molar-refractivity contribution in [1.29, 1.82) is 0 Å². The van der Waals surface area contributed by atoms with Crippen molar-refractivity contribution in [3.05, 3.63) is 28.0 Å². The van der Waals surface area contributed by atoms with E-state index in [0.29, 0.717) is 5.56 Å². The summed E-state index contributed by atoms with van der Waals surface area (Å²) < 4.78 is 0. The van der Waals surface area contributed by atoms with Gasteiger partial charge in [-0.3, -0.25) is 9.59 Å². The van der Waals surface area contributed by atoms with Crippen LogP contribution in [0.15, 0.2) is 12.3 Å². The molecule has 0 radical (unpaired) electrons. The molecule has 0 fully saturated rings. The van der Waals surface area contributed by atoms with Gasteiger partial charge in [0.25, 0.3) is 5.91 Å². The Balaban J connectivity index is 2.70. The number of carbonyl (C=O) groups is 2. The Morgan fingerprint density at radius 3 is 2.53 bits per heavy atom. The van der Waals surface area contributed by atoms with Crippen molar-refractivity contribution in [3.63, 3.8) is 0 Å². The van der Waals surface area contributed by atoms with Crippen LogP contribution in [0, 0.1) is 5.41 Å². The van der Waals surface area contributed by atoms with Gasteiger partial charge in [-0.2, -0.15) is 0 Å². The van der Waals surface area contributed by atoms with E-state index in [1.807, 2.05) is 0 Å². The molecule has 1 aromatic heterocycles. The van der Waals surface area contributed by atoms with E-state index in [4.69, 9.17) is 23.2 Å². The topological polar surface area (TPSA) is 71.1 Å². The molecular formula is C12H15Cl2N3O2. The first kappa shape index (κ1) is 15.7. The Morgan fingerprint density at radius 1 is 1.37 bits per heavy atom. The third-order valence-electron chi connectivity index (χ3n) is 2.59. The van der Waals surface area contributed by atoms with E-state index < -0.39 is 5.41 Å². The molecule has 1 rings (SSSR count). The number of hydrogen-bond acceptors (Lipinski definition) is 3. The van der Waals surface area contributed by atoms with Crippen molar-refractivity contribution in [2.45, 2.75) is 13.8 Å². The van der Waals surface area contributed by atoms with Gasteiger partial charge in [0.1, 0.15) is 5.15 Å². The molecule has 0 bridgehead atoms. The summed E-state index contributed by atoms with van der Waals surface area (Å²) in [6.45, 7) is 3.67. The number of nitrogens with zero attached hydrogens (tertiary/aromatic N) is 1. The van der Waals surface area contributed by atoms with Crippen molar-refractivity contribution in [3.8, 4) is 0 Å². The first-order valence-corrected chi connectivity index (χ1v) is 6.35. The Kier molecular flexibility index (Phi) is 5.14. The predicted molar refractivity (Wildman–Crippen MR) is 74.4 cm³/mol. The lowest BCUT2D eigenvalue weighted by Crippen LogP contribution is -2.43. The number of nitrogens with one attached hydrogen (secondary N) is 2. The first-order valence-electron chi connectivity index (χ1n) is 5.59. The minimum Gasteiger partial charge on any atom is -0.359 e. The van der Waals surface area contributed by atoms with Crippen molar-refractivity contribution < 1.29 is 9.59 Å². The molecule has 104 valence electrons. The highest BCUT2D eigenvalue weighted by Gasteiger charge is 2.27. The molecule has 0 aliphatic carbocycles. The average molecular weight is 304 g/mol. The molecule has 0 aliphatic rings. The zero-order valence-electron chi connectivity index (χ0n) is 10.9. The molecule has 19 heavy (non-hydrogen) atoms. The highest BCUT2D eigenvalue weighted by molar-refractivity contribution is 6.41. The van der Waals surface area contributed by atoms with E-state index in [2.05, 4.69) is 15.6 Å². The number of halogens is 2. The summed E-state index contributed by atoms with van der Waals surface area (Å²) in [7, 11) is 1.55. The summed E-state index contributed by atoms with van der Waals surface area (Å²) in [5.74, 6) is -0.511. The van der Waals surface area contributed by atoms with Crippen LogP contribution in [0.1, 0.15) is 24.2 Å². The molecule has 0 aliphatic heterocycles. The second-order valence-corrected chi connectivity index (χ2v) is 5.41. The third kappa shape index (κ3) is 4.08. The molecule has 2 N–H and O–H groups in total. The Hall–Kier alpha value is -1.33. The van der Waals surface area contributed by atoms with Crippen LogP contribution in [0.4, 0.5) is 0 Å². The summed E-state index contributed by atoms with van der Waals surface area (Å²) in [4.78, 5) is 27.2. The van der Waals surface area contributed by atoms with Crippen LogP contribution in [0.2, 0.25) is 10.2 Å². The molecule has 0 spiro atoms. The van der Waals surface area contributed by atoms with Crippen LogP contribution in [0.5, 0.6) is 0 Å². The standard InChI is InChI=1S/C12H15Cl2N3O2/c1-12(2,11(19)15-3)6-17-10(18)7-4-8(13)9(14)16-5-7/h4-5H,6H2,1-3H3,(H,15,19)(H,17,18). The number of rotatable bonds is 4. The maximum Gasteiger partial charge on any atom is 0.252 e. The van der Waals surface area contributed by atoms with Crippen molar-refractivity contribution >= 4 is 35.0 Å². The molecule has 0 saturated heterocycles. The quantitative estimate of drug-likeness (QED) is 0.835. The number of carbonyl (C=O) groups excluding carboxylic acids is 2. The summed E-state index contributed by atoms with van der Waals surface area (Å²) in [5.41, 5.74) is -0.407. The van der Waals surface area contributed by atoms with Crippen LogP contribution >= 0.6 is 23.2 Å². The molecule has 0 saturated carbocycles. The Morgan fingerprint density at radius 2 is 2.00 bits per heavy atom. The fourth-order valence-electron chi connectivity index (χ4n) is 1.37. The molecule has 2 amide bonds. The third-order valence-corrected chi connectivity index (χ3v) is 3.28. The van der Waals surface area contributed by atoms with Crippen LogP contribution in [0.25, 0.3) is 0 Å². The van der Waals surface area contributed by atoms with Crippen molar-refractivity contribution in [1.82, 2.24) is 15.6 Å². The molecule has 5 nitrogen and oxygen atoms in total. The van der Waals surface area contributed by atoms with Crippen LogP contribution in [-0.4, -0.2) is 30.4 Å². The normalized spacial score (nSPS) is 11.0. The van der Waals surface area contributed by atoms with Gasteiger partial charge in [0.15, 0.2) is 0 Å². The largest absolute Gasteiger partial charge is 0.359 e. The summed E-state index contributed by atoms with van der Waals surface area (Å²) in [6, 6.07) is 1.43. The smallest absolute Gasteiger partial charge is 0.252 e. The maximum atomic E-state index is 11.9. The molecule has 1 aromatic rings. The van der Waals surface area contributed by atoms with E-state index in [1.54, 1.807) is 20.9 Å². The van der Waals surface area contributed by atoms with Crippen molar-refractivity contribution in [2.75, 3.05) is 13.6 Å². The van der Waals surface area contributed by atoms with Gasteiger partial charge in [0.2, 0.25) is 5.91 Å². The van der Waals surface area contributed by atoms with E-state index in [1.165, 1.54) is 12.3 Å². The summed E-state index contributed by atoms with van der Waals surface area (Å²) in [6.07, 6.45) is 1.33. The second-order valence-electron chi connectivity index (χ2n) is 4.64. The highest BCUT2D eigenvalue weighted by Crippen LogP contribution is 2.20. The van der Waals surface area contributed by atoms with Gasteiger partial charge in [-0.15, -0.1) is 0 Å². The molecule has 0 atom stereocenters. The SMILES string of the molecule is CNC(=O)C(C)(C)CNC(=O)c1cnc(Cl)c(Cl)c1. The fourth-order valence-corrected chi connectivity index (χ4v) is 1.64. The van der Waals surface area contributed by atoms with E-state index >= 15 is 0 Å². The van der Waals surface area contributed by atoms with Gasteiger partial charge in [0.05, 0.1) is 16.0 Å². The molecule has 0 aromatic carbocycles. The van der Waals surface area contributed by atoms with Gasteiger partial charge in [-0.25, -0.2) is 4.98 Å². The number of aromatic nitrogens is 1. The van der Waals surface area contributed by atoms with E-state index in [9.17, 15) is 9.59 Å². The number of amides is 2. The lowest BCUT2D eigenvalue weighted by atomic mass is 9.92. The fraction of sp³-hybridized carbons (Fsp3) is 0.417. The second kappa shape index (κ2) is 6.21. The minimum absolute atomic E-state index is 0.143. The van der Waals surface area contributed by atoms with Gasteiger partial charge >= 0.3 is 0 Å². The van der Waals surface area contributed by atoms with Crippen molar-refractivity contribution in [2.24, 2.45) is 5.41 Å². The van der Waals surface area contributed by atoms with Gasteiger partial charge < -0.3 is 10.6 Å². The molecule has 1 heterocycles. The van der Waals surface area contributed by atoms with E-state index in [-0.39, 0.29) is 28.5 Å². The monoisotopic (exact) mass is 303 g/mol. The Bertz CT molecular complexity index is 504. The van der Waals surface area contributed by atoms with Gasteiger partial charge in [0, 0.05) is 19.8 Å². The average Bonchev–Trinajstić information content (AvgIpc) is 2.38. The summed E-state index contributed by atoms with van der Waals surface area (Å²) in [5, 5.41) is 5.55. The lowest BCUT2D eigenvalue weighted by Gasteiger charge is -2.22. The Labute approximate surface area is 121 Å². The lowest BCUT2D eigenvalue weighted by molar-refractivity contribution is -0.128. The molecular weight excluding hydrogens is 289 g/mol. The van der Waals surface area contributed by atoms with Gasteiger partial charge in [-0.1, -0.05) is 23.2 Å². The van der Waals surface area contributed by atoms with Gasteiger partial charge in [-0.05, 0) is 19.9 Å². The zero-order chi connectivity index (χ0) is 14.6. The number of pyridine rings is 1.